The second kappa shape index (κ2) is 2.59. The van der Waals surface area contributed by atoms with Gasteiger partial charge in [-0.25, -0.2) is 0 Å². The summed E-state index contributed by atoms with van der Waals surface area (Å²) in [5.41, 5.74) is 0. The third-order valence-electron chi connectivity index (χ3n) is 1.24. The molecule has 0 saturated carbocycles. The Balaban J connectivity index is 3.27. The molecule has 1 fully saturated rings. The summed E-state index contributed by atoms with van der Waals surface area (Å²) in [5.74, 6) is 0. The third-order valence-corrected chi connectivity index (χ3v) is 5.13. The zero-order chi connectivity index (χ0) is 10.5. The maximum absolute atomic E-state index is 12.2. The number of hydrogen-bond donors (Lipinski definition) is 0. The lowest BCUT2D eigenvalue weighted by atomic mass is 11.0. The van der Waals surface area contributed by atoms with Crippen molar-refractivity contribution in [3.8, 4) is 0 Å². The van der Waals surface area contributed by atoms with Crippen LogP contribution in [-0.2, 0) is 28.6 Å². The van der Waals surface area contributed by atoms with E-state index in [4.69, 9.17) is 0 Å². The second-order valence-electron chi connectivity index (χ2n) is 2.18. The van der Waals surface area contributed by atoms with Gasteiger partial charge in [0, 0.05) is 0 Å². The zero-order valence-electron chi connectivity index (χ0n) is 6.10. The Bertz CT molecular complexity index is 369. The monoisotopic (exact) mass is 238 g/mol. The highest BCUT2D eigenvalue weighted by molar-refractivity contribution is 8.05. The first-order chi connectivity index (χ1) is 5.57. The van der Waals surface area contributed by atoms with Crippen molar-refractivity contribution in [3.05, 3.63) is 0 Å². The molecule has 0 aromatic heterocycles. The Labute approximate surface area is 72.7 Å². The fourth-order valence-electron chi connectivity index (χ4n) is 0.564. The summed E-state index contributed by atoms with van der Waals surface area (Å²) in [7, 11) is -9.68. The van der Waals surface area contributed by atoms with Crippen molar-refractivity contribution < 1.29 is 34.0 Å². The van der Waals surface area contributed by atoms with Gasteiger partial charge in [-0.2, -0.15) is 25.2 Å². The topological polar surface area (TPSA) is 86.7 Å². The van der Waals surface area contributed by atoms with Gasteiger partial charge in [0.15, 0.2) is 0 Å². The van der Waals surface area contributed by atoms with Gasteiger partial charge in [-0.1, -0.05) is 0 Å². The van der Waals surface area contributed by atoms with Crippen LogP contribution in [0.25, 0.3) is 0 Å². The van der Waals surface area contributed by atoms with Gasteiger partial charge >= 0.3 is 6.29 Å². The third kappa shape index (κ3) is 1.95. The number of halogens is 2. The first-order valence-corrected chi connectivity index (χ1v) is 5.78. The standard InChI is InChI=1S/C3H4F2O6S2/c1-2-12(6,7)10-3(4,5)11-13(2,8)9/h2H,1H3. The first kappa shape index (κ1) is 10.8. The molecule has 0 atom stereocenters. The van der Waals surface area contributed by atoms with Crippen LogP contribution in [0.2, 0.25) is 0 Å². The lowest BCUT2D eigenvalue weighted by Gasteiger charge is -2.24. The molecule has 0 aromatic rings. The molecule has 0 bridgehead atoms. The zero-order valence-corrected chi connectivity index (χ0v) is 7.73. The number of alkyl halides is 2. The lowest BCUT2D eigenvalue weighted by molar-refractivity contribution is -0.307. The van der Waals surface area contributed by atoms with Gasteiger partial charge in [0.25, 0.3) is 20.2 Å². The number of rotatable bonds is 0. The van der Waals surface area contributed by atoms with Crippen LogP contribution in [0.15, 0.2) is 0 Å². The van der Waals surface area contributed by atoms with Gasteiger partial charge in [-0.15, -0.1) is 8.78 Å². The van der Waals surface area contributed by atoms with Crippen molar-refractivity contribution in [1.29, 1.82) is 0 Å². The van der Waals surface area contributed by atoms with E-state index in [2.05, 4.69) is 8.37 Å². The van der Waals surface area contributed by atoms with Gasteiger partial charge in [-0.05, 0) is 6.92 Å². The molecule has 0 amide bonds. The highest BCUT2D eigenvalue weighted by Crippen LogP contribution is 2.33. The molecule has 1 saturated heterocycles. The van der Waals surface area contributed by atoms with E-state index in [0.717, 1.165) is 0 Å². The summed E-state index contributed by atoms with van der Waals surface area (Å²) in [4.78, 5) is 0. The van der Waals surface area contributed by atoms with E-state index < -0.39 is 31.1 Å². The van der Waals surface area contributed by atoms with E-state index in [0.29, 0.717) is 6.92 Å². The fourth-order valence-corrected chi connectivity index (χ4v) is 2.88. The minimum absolute atomic E-state index is 0.667. The molecule has 1 heterocycles. The van der Waals surface area contributed by atoms with Crippen LogP contribution in [0.4, 0.5) is 8.78 Å². The van der Waals surface area contributed by atoms with Crippen molar-refractivity contribution in [2.45, 2.75) is 17.8 Å². The first-order valence-electron chi connectivity index (χ1n) is 2.83. The van der Waals surface area contributed by atoms with E-state index in [1.54, 1.807) is 0 Å². The van der Waals surface area contributed by atoms with E-state index in [-0.39, 0.29) is 0 Å². The maximum Gasteiger partial charge on any atom is 0.514 e. The van der Waals surface area contributed by atoms with Gasteiger partial charge < -0.3 is 0 Å². The minimum atomic E-state index is -4.84. The highest BCUT2D eigenvalue weighted by Gasteiger charge is 2.55. The van der Waals surface area contributed by atoms with Gasteiger partial charge in [0.05, 0.1) is 0 Å². The molecular formula is C3H4F2O6S2. The summed E-state index contributed by atoms with van der Waals surface area (Å²) >= 11 is 0. The molecule has 0 spiro atoms. The Hall–Kier alpha value is -0.320. The molecule has 13 heavy (non-hydrogen) atoms. The Kier molecular flexibility index (Phi) is 2.14. The van der Waals surface area contributed by atoms with Gasteiger partial charge in [0.1, 0.15) is 0 Å². The summed E-state index contributed by atoms with van der Waals surface area (Å²) in [6, 6.07) is 0. The molecule has 0 N–H and O–H groups in total. The average molecular weight is 238 g/mol. The predicted molar refractivity (Wildman–Crippen MR) is 34.4 cm³/mol. The van der Waals surface area contributed by atoms with E-state index in [9.17, 15) is 25.6 Å². The maximum atomic E-state index is 12.2. The lowest BCUT2D eigenvalue weighted by Crippen LogP contribution is -2.45. The highest BCUT2D eigenvalue weighted by atomic mass is 32.3. The van der Waals surface area contributed by atoms with Gasteiger partial charge in [-0.3, -0.25) is 0 Å². The SMILES string of the molecule is CC1S(=O)(=O)OC(F)(F)OS1(=O)=O. The molecule has 0 aliphatic carbocycles. The largest absolute Gasteiger partial charge is 0.514 e. The summed E-state index contributed by atoms with van der Waals surface area (Å²) in [5, 5.41) is 0. The quantitative estimate of drug-likeness (QED) is 0.533. The Morgan fingerprint density at radius 3 is 1.69 bits per heavy atom. The molecule has 0 unspecified atom stereocenters. The average Bonchev–Trinajstić information content (AvgIpc) is 1.77. The summed E-state index contributed by atoms with van der Waals surface area (Å²) < 4.78 is 71.1. The molecule has 0 radical (unpaired) electrons. The Morgan fingerprint density at radius 2 is 1.38 bits per heavy atom. The van der Waals surface area contributed by atoms with Crippen LogP contribution in [0.1, 0.15) is 6.92 Å². The van der Waals surface area contributed by atoms with E-state index >= 15 is 0 Å². The Morgan fingerprint density at radius 1 is 1.08 bits per heavy atom. The van der Waals surface area contributed by atoms with Crippen LogP contribution < -0.4 is 0 Å². The molecule has 1 aliphatic rings. The number of hydrogen-bond acceptors (Lipinski definition) is 6. The van der Waals surface area contributed by atoms with Crippen LogP contribution in [0.5, 0.6) is 0 Å². The van der Waals surface area contributed by atoms with Crippen molar-refractivity contribution >= 4 is 20.2 Å². The fraction of sp³-hybridized carbons (Fsp3) is 1.00. The smallest absolute Gasteiger partial charge is 0.198 e. The van der Waals surface area contributed by atoms with E-state index in [1.807, 2.05) is 0 Å². The molecule has 1 rings (SSSR count). The minimum Gasteiger partial charge on any atom is -0.198 e. The summed E-state index contributed by atoms with van der Waals surface area (Å²) in [6.07, 6.45) is -4.65. The molecule has 78 valence electrons. The van der Waals surface area contributed by atoms with Crippen molar-refractivity contribution in [1.82, 2.24) is 0 Å². The van der Waals surface area contributed by atoms with Crippen molar-refractivity contribution in [3.63, 3.8) is 0 Å². The molecule has 0 aromatic carbocycles. The molecule has 10 heteroatoms. The summed E-state index contributed by atoms with van der Waals surface area (Å²) in [6.45, 7) is 0.667. The van der Waals surface area contributed by atoms with Crippen molar-refractivity contribution in [2.75, 3.05) is 0 Å². The molecule has 6 nitrogen and oxygen atoms in total. The van der Waals surface area contributed by atoms with Crippen LogP contribution in [-0.4, -0.2) is 27.7 Å². The van der Waals surface area contributed by atoms with Crippen molar-refractivity contribution in [2.24, 2.45) is 0 Å². The van der Waals surface area contributed by atoms with Crippen LogP contribution in [0.3, 0.4) is 0 Å². The normalized spacial score (nSPS) is 31.3. The molecular weight excluding hydrogens is 234 g/mol. The second-order valence-corrected chi connectivity index (χ2v) is 6.20. The van der Waals surface area contributed by atoms with Crippen LogP contribution >= 0.6 is 0 Å². The predicted octanol–water partition coefficient (Wildman–Crippen LogP) is -0.411. The van der Waals surface area contributed by atoms with E-state index in [1.165, 1.54) is 0 Å². The molecule has 1 aliphatic heterocycles. The van der Waals surface area contributed by atoms with Gasteiger partial charge in [0.2, 0.25) is 4.58 Å². The van der Waals surface area contributed by atoms with Crippen LogP contribution in [0, 0.1) is 0 Å².